The lowest BCUT2D eigenvalue weighted by molar-refractivity contribution is -0.142. The monoisotopic (exact) mass is 423 g/mol. The molecule has 1 amide bonds. The first-order valence-corrected chi connectivity index (χ1v) is 10.5. The van der Waals surface area contributed by atoms with Gasteiger partial charge in [-0.15, -0.1) is 0 Å². The van der Waals surface area contributed by atoms with E-state index in [4.69, 9.17) is 5.73 Å². The maximum Gasteiger partial charge on any atom is 0.416 e. The van der Waals surface area contributed by atoms with Gasteiger partial charge in [-0.2, -0.15) is 0 Å². The van der Waals surface area contributed by atoms with Gasteiger partial charge in [0, 0.05) is 0 Å². The molecular formula is C22H20N2O5P+. The zero-order valence-corrected chi connectivity index (χ0v) is 16.8. The van der Waals surface area contributed by atoms with E-state index < -0.39 is 25.4 Å². The Balaban J connectivity index is 1.86. The van der Waals surface area contributed by atoms with Crippen LogP contribution >= 0.6 is 7.80 Å². The Hall–Kier alpha value is -3.54. The summed E-state index contributed by atoms with van der Waals surface area (Å²) in [6.07, 6.45) is -1.45. The summed E-state index contributed by atoms with van der Waals surface area (Å²) in [5, 5.41) is 19.6. The van der Waals surface area contributed by atoms with E-state index in [2.05, 4.69) is 0 Å². The Bertz CT molecular complexity index is 1060. The fraction of sp³-hybridized carbons (Fsp3) is 0.0909. The summed E-state index contributed by atoms with van der Waals surface area (Å²) in [6.45, 7) is 0. The predicted octanol–water partition coefficient (Wildman–Crippen LogP) is 3.89. The number of nitrogens with zero attached hydrogens (tertiary/aromatic N) is 1. The van der Waals surface area contributed by atoms with Crippen molar-refractivity contribution < 1.29 is 24.4 Å². The molecule has 8 heteroatoms. The van der Waals surface area contributed by atoms with Crippen LogP contribution in [0.3, 0.4) is 0 Å². The van der Waals surface area contributed by atoms with Crippen molar-refractivity contribution in [1.29, 1.82) is 0 Å². The number of benzene rings is 3. The van der Waals surface area contributed by atoms with Gasteiger partial charge in [-0.3, -0.25) is 0 Å². The van der Waals surface area contributed by atoms with E-state index in [1.165, 1.54) is 24.3 Å². The van der Waals surface area contributed by atoms with E-state index in [1.807, 2.05) is 0 Å². The third-order valence-electron chi connectivity index (χ3n) is 4.67. The first-order valence-electron chi connectivity index (χ1n) is 9.03. The molecule has 0 fully saturated rings. The summed E-state index contributed by atoms with van der Waals surface area (Å²) in [5.74, 6) is -1.27. The number of anilines is 2. The number of amides is 1. The molecule has 152 valence electrons. The van der Waals surface area contributed by atoms with Crippen molar-refractivity contribution in [3.05, 3.63) is 90.5 Å². The van der Waals surface area contributed by atoms with Crippen molar-refractivity contribution in [2.75, 3.05) is 11.1 Å². The van der Waals surface area contributed by atoms with Crippen molar-refractivity contribution in [2.45, 2.75) is 5.54 Å². The molecule has 30 heavy (non-hydrogen) atoms. The molecule has 0 radical (unpaired) electrons. The Kier molecular flexibility index (Phi) is 6.26. The van der Waals surface area contributed by atoms with Crippen molar-refractivity contribution in [1.82, 2.24) is 0 Å². The Morgan fingerprint density at radius 1 is 0.833 bits per heavy atom. The molecule has 0 aromatic heterocycles. The highest BCUT2D eigenvalue weighted by Crippen LogP contribution is 2.33. The molecule has 2 atom stereocenters. The second kappa shape index (κ2) is 8.86. The van der Waals surface area contributed by atoms with Crippen molar-refractivity contribution >= 4 is 36.5 Å². The maximum atomic E-state index is 12.9. The first kappa shape index (κ1) is 21.2. The van der Waals surface area contributed by atoms with Crippen LogP contribution < -0.4 is 15.9 Å². The highest BCUT2D eigenvalue weighted by Gasteiger charge is 2.44. The summed E-state index contributed by atoms with van der Waals surface area (Å²) in [7, 11) is -2.14. The molecule has 3 aromatic carbocycles. The van der Waals surface area contributed by atoms with Gasteiger partial charge in [-0.05, 0) is 42.0 Å². The molecular weight excluding hydrogens is 403 g/mol. The number of rotatable bonds is 7. The quantitative estimate of drug-likeness (QED) is 0.496. The van der Waals surface area contributed by atoms with Crippen LogP contribution in [0.4, 0.5) is 16.2 Å². The Morgan fingerprint density at radius 3 is 1.83 bits per heavy atom. The molecule has 0 spiro atoms. The summed E-state index contributed by atoms with van der Waals surface area (Å²) in [6, 6.07) is 23.0. The fourth-order valence-electron chi connectivity index (χ4n) is 3.05. The number of aliphatic carboxylic acids is 1. The van der Waals surface area contributed by atoms with Gasteiger partial charge in [0.25, 0.3) is 0 Å². The molecule has 0 saturated carbocycles. The number of carbonyl (C=O) groups is 2. The average Bonchev–Trinajstić information content (AvgIpc) is 2.75. The third-order valence-corrected chi connectivity index (χ3v) is 6.33. The minimum Gasteiger partial charge on any atom is -0.479 e. The van der Waals surface area contributed by atoms with Crippen molar-refractivity contribution in [3.8, 4) is 0 Å². The minimum absolute atomic E-state index is 0.289. The molecule has 2 unspecified atom stereocenters. The highest BCUT2D eigenvalue weighted by molar-refractivity contribution is 7.53. The molecule has 0 saturated heterocycles. The number of hydrogen-bond donors (Lipinski definition) is 3. The smallest absolute Gasteiger partial charge is 0.416 e. The van der Waals surface area contributed by atoms with Gasteiger partial charge in [0.2, 0.25) is 0 Å². The molecule has 7 nitrogen and oxygen atoms in total. The number of hydrogen-bond acceptors (Lipinski definition) is 4. The van der Waals surface area contributed by atoms with Gasteiger partial charge >= 0.3 is 19.9 Å². The van der Waals surface area contributed by atoms with E-state index in [-0.39, 0.29) is 6.16 Å². The van der Waals surface area contributed by atoms with Crippen LogP contribution in [0.15, 0.2) is 84.9 Å². The van der Waals surface area contributed by atoms with Crippen LogP contribution in [0.25, 0.3) is 0 Å². The van der Waals surface area contributed by atoms with Crippen LogP contribution in [0, 0.1) is 0 Å². The molecule has 0 aliphatic heterocycles. The van der Waals surface area contributed by atoms with Crippen LogP contribution in [0.1, 0.15) is 5.56 Å². The minimum atomic E-state index is -2.14. The summed E-state index contributed by atoms with van der Waals surface area (Å²) < 4.78 is 12.9. The van der Waals surface area contributed by atoms with Gasteiger partial charge in [0.05, 0.1) is 11.4 Å². The zero-order chi connectivity index (χ0) is 21.7. The number of para-hydroxylation sites is 1. The molecule has 4 N–H and O–H groups in total. The van der Waals surface area contributed by atoms with Crippen LogP contribution in [0.2, 0.25) is 0 Å². The highest BCUT2D eigenvalue weighted by atomic mass is 31.1. The van der Waals surface area contributed by atoms with Gasteiger partial charge in [-0.25, -0.2) is 14.5 Å². The number of carboxylic acids is 1. The normalized spacial score (nSPS) is 13.2. The standard InChI is InChI=1S/C22H19N2O5P/c23-22(20(25)26,16-7-3-1-4-8-16)15-30(29)19-13-11-18(12-14-19)24(21(27)28)17-9-5-2-6-10-17/h1-14H,15,23H2,(H-,25,26,27,28)/p+1. The van der Waals surface area contributed by atoms with E-state index >= 15 is 0 Å². The molecule has 0 aliphatic rings. The van der Waals surface area contributed by atoms with Crippen LogP contribution in [0.5, 0.6) is 0 Å². The predicted molar refractivity (Wildman–Crippen MR) is 115 cm³/mol. The maximum absolute atomic E-state index is 12.9. The average molecular weight is 423 g/mol. The SMILES string of the molecule is NC(C[P+](=O)c1ccc(N(C(=O)O)c2ccccc2)cc1)(C(=O)O)c1ccccc1. The van der Waals surface area contributed by atoms with Crippen molar-refractivity contribution in [3.63, 3.8) is 0 Å². The number of nitrogens with two attached hydrogens (primary N) is 1. The second-order valence-corrected chi connectivity index (χ2v) is 8.24. The molecule has 3 rings (SSSR count). The Morgan fingerprint density at radius 2 is 1.33 bits per heavy atom. The lowest BCUT2D eigenvalue weighted by Gasteiger charge is -2.20. The molecule has 0 aliphatic carbocycles. The topological polar surface area (TPSA) is 121 Å². The molecule has 0 heterocycles. The summed E-state index contributed by atoms with van der Waals surface area (Å²) in [4.78, 5) is 24.7. The van der Waals surface area contributed by atoms with Gasteiger partial charge < -0.3 is 15.9 Å². The van der Waals surface area contributed by atoms with Gasteiger partial charge in [-0.1, -0.05) is 53.1 Å². The molecule has 3 aromatic rings. The van der Waals surface area contributed by atoms with E-state index in [0.717, 1.165) is 4.90 Å². The Labute approximate surface area is 174 Å². The fourth-order valence-corrected chi connectivity index (χ4v) is 4.49. The number of carboxylic acid groups (broad SMARTS) is 2. The van der Waals surface area contributed by atoms with Crippen molar-refractivity contribution in [2.24, 2.45) is 5.73 Å². The molecule has 0 bridgehead atoms. The lowest BCUT2D eigenvalue weighted by Crippen LogP contribution is -2.47. The summed E-state index contributed by atoms with van der Waals surface area (Å²) in [5.41, 5.74) is 5.53. The van der Waals surface area contributed by atoms with E-state index in [9.17, 15) is 24.4 Å². The second-order valence-electron chi connectivity index (χ2n) is 6.65. The van der Waals surface area contributed by atoms with Crippen LogP contribution in [-0.4, -0.2) is 28.4 Å². The van der Waals surface area contributed by atoms with E-state index in [1.54, 1.807) is 60.7 Å². The van der Waals surface area contributed by atoms with Gasteiger partial charge in [0.1, 0.15) is 0 Å². The van der Waals surface area contributed by atoms with E-state index in [0.29, 0.717) is 22.2 Å². The largest absolute Gasteiger partial charge is 0.479 e. The summed E-state index contributed by atoms with van der Waals surface area (Å²) >= 11 is 0. The van der Waals surface area contributed by atoms with Crippen LogP contribution in [-0.2, 0) is 14.9 Å². The zero-order valence-electron chi connectivity index (χ0n) is 15.9. The lowest BCUT2D eigenvalue weighted by atomic mass is 9.93. The third kappa shape index (κ3) is 4.38. The van der Waals surface area contributed by atoms with Gasteiger partial charge in [0.15, 0.2) is 17.0 Å². The first-order chi connectivity index (χ1) is 14.3.